The van der Waals surface area contributed by atoms with Gasteiger partial charge in [0.2, 0.25) is 0 Å². The summed E-state index contributed by atoms with van der Waals surface area (Å²) < 4.78 is 11.9. The van der Waals surface area contributed by atoms with Crippen molar-refractivity contribution in [2.45, 2.75) is 52.0 Å². The van der Waals surface area contributed by atoms with Crippen LogP contribution in [-0.4, -0.2) is 60.8 Å². The van der Waals surface area contributed by atoms with Crippen LogP contribution in [0, 0.1) is 0 Å². The Balaban J connectivity index is 2.07. The molecule has 0 radical (unpaired) electrons. The summed E-state index contributed by atoms with van der Waals surface area (Å²) in [5.74, 6) is 1.36. The molecule has 0 saturated heterocycles. The second-order valence-corrected chi connectivity index (χ2v) is 8.05. The second kappa shape index (κ2) is 12.5. The molecule has 0 aliphatic rings. The molecule has 0 bridgehead atoms. The molecule has 6 nitrogen and oxygen atoms in total. The fraction of sp³-hybridized carbons (Fsp3) is 0.500. The highest BCUT2D eigenvalue weighted by Crippen LogP contribution is 2.36. The van der Waals surface area contributed by atoms with Crippen LogP contribution in [0.25, 0.3) is 11.1 Å². The van der Waals surface area contributed by atoms with Crippen molar-refractivity contribution in [2.24, 2.45) is 0 Å². The van der Waals surface area contributed by atoms with Gasteiger partial charge in [-0.25, -0.2) is 0 Å². The highest BCUT2D eigenvalue weighted by Gasteiger charge is 2.14. The van der Waals surface area contributed by atoms with Crippen molar-refractivity contribution in [3.8, 4) is 22.6 Å². The Morgan fingerprint density at radius 1 is 0.667 bits per heavy atom. The molecule has 2 rings (SSSR count). The van der Waals surface area contributed by atoms with E-state index < -0.39 is 12.2 Å². The first kappa shape index (κ1) is 24.2. The van der Waals surface area contributed by atoms with Crippen LogP contribution in [0.4, 0.5) is 0 Å². The molecule has 0 aliphatic carbocycles. The van der Waals surface area contributed by atoms with Crippen molar-refractivity contribution in [2.75, 3.05) is 26.3 Å². The van der Waals surface area contributed by atoms with E-state index in [1.54, 1.807) is 0 Å². The van der Waals surface area contributed by atoms with Crippen molar-refractivity contribution in [3.63, 3.8) is 0 Å². The SMILES string of the molecule is CC(C)NCC(O)COc1ccccc1-c1ccccc1OCC(O)CNC(C)C. The molecule has 0 fully saturated rings. The molecule has 0 saturated carbocycles. The predicted octanol–water partition coefficient (Wildman–Crippen LogP) is 2.83. The summed E-state index contributed by atoms with van der Waals surface area (Å²) in [6.45, 7) is 9.49. The molecule has 166 valence electrons. The summed E-state index contributed by atoms with van der Waals surface area (Å²) in [5.41, 5.74) is 1.76. The average molecular weight is 417 g/mol. The Kier molecular flexibility index (Phi) is 10.1. The molecule has 0 amide bonds. The molecule has 0 spiro atoms. The first-order valence-corrected chi connectivity index (χ1v) is 10.6. The number of para-hydroxylation sites is 2. The van der Waals surface area contributed by atoms with Gasteiger partial charge in [-0.05, 0) is 12.1 Å². The van der Waals surface area contributed by atoms with Crippen molar-refractivity contribution >= 4 is 0 Å². The van der Waals surface area contributed by atoms with Gasteiger partial charge in [-0.1, -0.05) is 64.1 Å². The number of hydrogen-bond acceptors (Lipinski definition) is 6. The Bertz CT molecular complexity index is 688. The smallest absolute Gasteiger partial charge is 0.127 e. The number of hydrogen-bond donors (Lipinski definition) is 4. The molecular formula is C24H36N2O4. The van der Waals surface area contributed by atoms with Crippen molar-refractivity contribution in [3.05, 3.63) is 48.5 Å². The van der Waals surface area contributed by atoms with Gasteiger partial charge in [0.15, 0.2) is 0 Å². The maximum atomic E-state index is 10.2. The van der Waals surface area contributed by atoms with E-state index in [1.807, 2.05) is 76.2 Å². The quantitative estimate of drug-likeness (QED) is 0.402. The monoisotopic (exact) mass is 416 g/mol. The third-order valence-electron chi connectivity index (χ3n) is 4.45. The summed E-state index contributed by atoms with van der Waals surface area (Å²) >= 11 is 0. The van der Waals surface area contributed by atoms with Crippen LogP contribution in [0.5, 0.6) is 11.5 Å². The van der Waals surface area contributed by atoms with Crippen LogP contribution in [0.1, 0.15) is 27.7 Å². The second-order valence-electron chi connectivity index (χ2n) is 8.05. The van der Waals surface area contributed by atoms with Gasteiger partial charge >= 0.3 is 0 Å². The van der Waals surface area contributed by atoms with E-state index in [9.17, 15) is 10.2 Å². The summed E-state index contributed by atoms with van der Waals surface area (Å²) in [6, 6.07) is 16.0. The molecule has 2 unspecified atom stereocenters. The van der Waals surface area contributed by atoms with E-state index in [4.69, 9.17) is 9.47 Å². The number of aliphatic hydroxyl groups excluding tert-OH is 2. The topological polar surface area (TPSA) is 83.0 Å². The highest BCUT2D eigenvalue weighted by atomic mass is 16.5. The van der Waals surface area contributed by atoms with Gasteiger partial charge in [0, 0.05) is 36.3 Å². The molecule has 0 aromatic heterocycles. The van der Waals surface area contributed by atoms with Gasteiger partial charge < -0.3 is 30.3 Å². The van der Waals surface area contributed by atoms with Gasteiger partial charge in [-0.3, -0.25) is 0 Å². The average Bonchev–Trinajstić information content (AvgIpc) is 2.73. The summed E-state index contributed by atoms with van der Waals surface area (Å²) in [6.07, 6.45) is -1.20. The van der Waals surface area contributed by atoms with E-state index >= 15 is 0 Å². The minimum Gasteiger partial charge on any atom is -0.490 e. The summed E-state index contributed by atoms with van der Waals surface area (Å²) in [7, 11) is 0. The number of benzene rings is 2. The first-order valence-electron chi connectivity index (χ1n) is 10.6. The Morgan fingerprint density at radius 3 is 1.40 bits per heavy atom. The van der Waals surface area contributed by atoms with Gasteiger partial charge in [0.1, 0.15) is 36.9 Å². The maximum absolute atomic E-state index is 10.2. The zero-order valence-electron chi connectivity index (χ0n) is 18.5. The van der Waals surface area contributed by atoms with Gasteiger partial charge in [0.05, 0.1) is 0 Å². The van der Waals surface area contributed by atoms with E-state index in [1.165, 1.54) is 0 Å². The van der Waals surface area contributed by atoms with Crippen LogP contribution in [-0.2, 0) is 0 Å². The third-order valence-corrected chi connectivity index (χ3v) is 4.45. The fourth-order valence-electron chi connectivity index (χ4n) is 2.86. The van der Waals surface area contributed by atoms with E-state index in [2.05, 4.69) is 10.6 Å². The predicted molar refractivity (Wildman–Crippen MR) is 121 cm³/mol. The molecule has 0 heterocycles. The van der Waals surface area contributed by atoms with Crippen LogP contribution in [0.15, 0.2) is 48.5 Å². The van der Waals surface area contributed by atoms with Gasteiger partial charge in [-0.2, -0.15) is 0 Å². The van der Waals surface area contributed by atoms with E-state index in [-0.39, 0.29) is 13.2 Å². The van der Waals surface area contributed by atoms with Crippen LogP contribution >= 0.6 is 0 Å². The van der Waals surface area contributed by atoms with Crippen LogP contribution in [0.2, 0.25) is 0 Å². The summed E-state index contributed by atoms with van der Waals surface area (Å²) in [4.78, 5) is 0. The number of nitrogens with one attached hydrogen (secondary N) is 2. The Hall–Kier alpha value is -2.12. The minimum atomic E-state index is -0.601. The minimum absolute atomic E-state index is 0.194. The normalized spacial score (nSPS) is 13.5. The molecule has 0 aliphatic heterocycles. The molecule has 2 aromatic rings. The summed E-state index contributed by atoms with van der Waals surface area (Å²) in [5, 5.41) is 26.7. The standard InChI is InChI=1S/C24H36N2O4/c1-17(2)25-13-19(27)15-29-23-11-7-5-9-21(23)22-10-6-8-12-24(22)30-16-20(28)14-26-18(3)4/h5-12,17-20,25-28H,13-16H2,1-4H3. The van der Waals surface area contributed by atoms with Crippen LogP contribution < -0.4 is 20.1 Å². The van der Waals surface area contributed by atoms with Crippen molar-refractivity contribution in [1.82, 2.24) is 10.6 Å². The highest BCUT2D eigenvalue weighted by molar-refractivity contribution is 5.75. The van der Waals surface area contributed by atoms with Crippen molar-refractivity contribution in [1.29, 1.82) is 0 Å². The molecule has 2 atom stereocenters. The zero-order valence-corrected chi connectivity index (χ0v) is 18.5. The zero-order chi connectivity index (χ0) is 21.9. The van der Waals surface area contributed by atoms with E-state index in [0.717, 1.165) is 11.1 Å². The Labute approximate surface area is 180 Å². The lowest BCUT2D eigenvalue weighted by molar-refractivity contribution is 0.104. The molecular weight excluding hydrogens is 380 g/mol. The number of rotatable bonds is 13. The number of aliphatic hydroxyl groups is 2. The number of ether oxygens (including phenoxy) is 2. The van der Waals surface area contributed by atoms with Crippen LogP contribution in [0.3, 0.4) is 0 Å². The Morgan fingerprint density at radius 2 is 1.03 bits per heavy atom. The maximum Gasteiger partial charge on any atom is 0.127 e. The largest absolute Gasteiger partial charge is 0.490 e. The lowest BCUT2D eigenvalue weighted by Gasteiger charge is -2.19. The molecule has 2 aromatic carbocycles. The van der Waals surface area contributed by atoms with Crippen molar-refractivity contribution < 1.29 is 19.7 Å². The van der Waals surface area contributed by atoms with Gasteiger partial charge in [-0.15, -0.1) is 0 Å². The third kappa shape index (κ3) is 8.32. The lowest BCUT2D eigenvalue weighted by Crippen LogP contribution is -2.35. The van der Waals surface area contributed by atoms with E-state index in [0.29, 0.717) is 36.7 Å². The fourth-order valence-corrected chi connectivity index (χ4v) is 2.86. The lowest BCUT2D eigenvalue weighted by atomic mass is 10.0. The molecule has 4 N–H and O–H groups in total. The van der Waals surface area contributed by atoms with Gasteiger partial charge in [0.25, 0.3) is 0 Å². The first-order chi connectivity index (χ1) is 14.4. The molecule has 30 heavy (non-hydrogen) atoms. The molecule has 6 heteroatoms.